The third-order valence-electron chi connectivity index (χ3n) is 5.98. The van der Waals surface area contributed by atoms with Crippen molar-refractivity contribution >= 4 is 17.5 Å². The van der Waals surface area contributed by atoms with Gasteiger partial charge in [0.15, 0.2) is 0 Å². The summed E-state index contributed by atoms with van der Waals surface area (Å²) in [5, 5.41) is 0. The topological polar surface area (TPSA) is 69.9 Å². The molecule has 0 aliphatic carbocycles. The van der Waals surface area contributed by atoms with Crippen molar-refractivity contribution in [3.8, 4) is 0 Å². The molecule has 1 saturated heterocycles. The van der Waals surface area contributed by atoms with Crippen molar-refractivity contribution in [3.63, 3.8) is 0 Å². The molecular formula is C23H30N4O3. The first-order valence-corrected chi connectivity index (χ1v) is 10.7. The second kappa shape index (κ2) is 8.13. The van der Waals surface area contributed by atoms with Crippen LogP contribution in [-0.2, 0) is 13.0 Å². The van der Waals surface area contributed by atoms with Crippen molar-refractivity contribution in [1.29, 1.82) is 0 Å². The Morgan fingerprint density at radius 3 is 2.33 bits per heavy atom. The number of carbonyl (C=O) groups is 2. The zero-order valence-corrected chi connectivity index (χ0v) is 18.2. The maximum atomic E-state index is 12.9. The maximum Gasteiger partial charge on any atom is 0.309 e. The van der Waals surface area contributed by atoms with E-state index in [4.69, 9.17) is 4.42 Å². The monoisotopic (exact) mass is 410 g/mol. The summed E-state index contributed by atoms with van der Waals surface area (Å²) >= 11 is 0. The van der Waals surface area contributed by atoms with Crippen LogP contribution in [0.25, 0.3) is 0 Å². The van der Waals surface area contributed by atoms with Crippen LogP contribution in [0, 0.1) is 11.8 Å². The second-order valence-corrected chi connectivity index (χ2v) is 8.96. The highest BCUT2D eigenvalue weighted by molar-refractivity contribution is 5.94. The average Bonchev–Trinajstić information content (AvgIpc) is 3.15. The summed E-state index contributed by atoms with van der Waals surface area (Å²) in [6.07, 6.45) is 1.71. The van der Waals surface area contributed by atoms with Gasteiger partial charge in [0.2, 0.25) is 0 Å². The van der Waals surface area contributed by atoms with Gasteiger partial charge in [-0.25, -0.2) is 4.98 Å². The number of amides is 2. The number of piperidine rings is 1. The van der Waals surface area contributed by atoms with Gasteiger partial charge in [-0.3, -0.25) is 9.59 Å². The van der Waals surface area contributed by atoms with Gasteiger partial charge in [0.05, 0.1) is 6.54 Å². The summed E-state index contributed by atoms with van der Waals surface area (Å²) in [7, 11) is 3.94. The number of anilines is 1. The van der Waals surface area contributed by atoms with Gasteiger partial charge in [0.25, 0.3) is 11.8 Å². The molecule has 2 atom stereocenters. The second-order valence-electron chi connectivity index (χ2n) is 8.96. The minimum absolute atomic E-state index is 0.0273. The Kier molecular flexibility index (Phi) is 5.54. The molecule has 3 heterocycles. The number of carbonyl (C=O) groups excluding carboxylic acids is 2. The van der Waals surface area contributed by atoms with Crippen molar-refractivity contribution in [2.24, 2.45) is 11.8 Å². The standard InChI is InChI=1S/C23H30N4O3/c1-15-11-16(2)13-27(12-15)23(29)21-24-19-14-26(10-9-20(19)30-21)22(28)17-5-7-18(8-6-17)25(3)4/h5-8,15-16H,9-14H2,1-4H3. The molecule has 0 saturated carbocycles. The zero-order valence-electron chi connectivity index (χ0n) is 18.2. The number of benzene rings is 1. The van der Waals surface area contributed by atoms with Crippen molar-refractivity contribution < 1.29 is 14.0 Å². The van der Waals surface area contributed by atoms with Gasteiger partial charge < -0.3 is 19.1 Å². The fourth-order valence-corrected chi connectivity index (χ4v) is 4.51. The van der Waals surface area contributed by atoms with Gasteiger partial charge in [-0.1, -0.05) is 13.8 Å². The third-order valence-corrected chi connectivity index (χ3v) is 5.98. The molecule has 160 valence electrons. The van der Waals surface area contributed by atoms with Crippen LogP contribution in [-0.4, -0.2) is 60.3 Å². The van der Waals surface area contributed by atoms with Crippen molar-refractivity contribution in [3.05, 3.63) is 47.2 Å². The molecule has 0 spiro atoms. The molecule has 1 fully saturated rings. The average molecular weight is 411 g/mol. The molecule has 1 aromatic heterocycles. The van der Waals surface area contributed by atoms with Crippen LogP contribution >= 0.6 is 0 Å². The van der Waals surface area contributed by atoms with Gasteiger partial charge in [0.1, 0.15) is 11.5 Å². The highest BCUT2D eigenvalue weighted by Gasteiger charge is 2.32. The van der Waals surface area contributed by atoms with Crippen molar-refractivity contribution in [2.75, 3.05) is 38.6 Å². The number of nitrogens with zero attached hydrogens (tertiary/aromatic N) is 4. The van der Waals surface area contributed by atoms with Crippen LogP contribution < -0.4 is 4.90 Å². The summed E-state index contributed by atoms with van der Waals surface area (Å²) in [5.41, 5.74) is 2.40. The predicted molar refractivity (Wildman–Crippen MR) is 115 cm³/mol. The van der Waals surface area contributed by atoms with Crippen LogP contribution in [0.4, 0.5) is 5.69 Å². The Bertz CT molecular complexity index is 924. The molecular weight excluding hydrogens is 380 g/mol. The minimum Gasteiger partial charge on any atom is -0.437 e. The number of fused-ring (bicyclic) bond motifs is 1. The van der Waals surface area contributed by atoms with E-state index >= 15 is 0 Å². The molecule has 2 unspecified atom stereocenters. The van der Waals surface area contributed by atoms with Gasteiger partial charge in [-0.2, -0.15) is 0 Å². The SMILES string of the molecule is CC1CC(C)CN(C(=O)c2nc3c(o2)CCN(C(=O)c2ccc(N(C)C)cc2)C3)C1. The van der Waals surface area contributed by atoms with E-state index in [0.717, 1.165) is 31.0 Å². The lowest BCUT2D eigenvalue weighted by Gasteiger charge is -2.34. The number of likely N-dealkylation sites (tertiary alicyclic amines) is 1. The van der Waals surface area contributed by atoms with Crippen LogP contribution in [0.1, 0.15) is 52.8 Å². The number of hydrogen-bond acceptors (Lipinski definition) is 5. The van der Waals surface area contributed by atoms with Gasteiger partial charge in [-0.05, 0) is 42.5 Å². The Morgan fingerprint density at radius 1 is 1.03 bits per heavy atom. The Labute approximate surface area is 177 Å². The molecule has 2 aliphatic rings. The van der Waals surface area contributed by atoms with Crippen LogP contribution in [0.5, 0.6) is 0 Å². The van der Waals surface area contributed by atoms with E-state index in [2.05, 4.69) is 18.8 Å². The molecule has 0 N–H and O–H groups in total. The number of hydrogen-bond donors (Lipinski definition) is 0. The molecule has 30 heavy (non-hydrogen) atoms. The number of oxazole rings is 1. The summed E-state index contributed by atoms with van der Waals surface area (Å²) in [4.78, 5) is 36.0. The lowest BCUT2D eigenvalue weighted by Crippen LogP contribution is -2.42. The smallest absolute Gasteiger partial charge is 0.309 e. The quantitative estimate of drug-likeness (QED) is 0.778. The van der Waals surface area contributed by atoms with E-state index in [1.54, 1.807) is 4.90 Å². The van der Waals surface area contributed by atoms with Crippen molar-refractivity contribution in [2.45, 2.75) is 33.2 Å². The number of rotatable bonds is 3. The van der Waals surface area contributed by atoms with E-state index in [1.165, 1.54) is 0 Å². The molecule has 2 aromatic rings. The van der Waals surface area contributed by atoms with Gasteiger partial charge >= 0.3 is 5.91 Å². The fourth-order valence-electron chi connectivity index (χ4n) is 4.51. The largest absolute Gasteiger partial charge is 0.437 e. The highest BCUT2D eigenvalue weighted by atomic mass is 16.4. The lowest BCUT2D eigenvalue weighted by atomic mass is 9.92. The predicted octanol–water partition coefficient (Wildman–Crippen LogP) is 3.06. The first-order valence-electron chi connectivity index (χ1n) is 10.7. The molecule has 1 aromatic carbocycles. The number of aromatic nitrogens is 1. The molecule has 4 rings (SSSR count). The lowest BCUT2D eigenvalue weighted by molar-refractivity contribution is 0.0580. The van der Waals surface area contributed by atoms with Crippen LogP contribution in [0.2, 0.25) is 0 Å². The van der Waals surface area contributed by atoms with Gasteiger partial charge in [-0.15, -0.1) is 0 Å². The maximum absolute atomic E-state index is 12.9. The highest BCUT2D eigenvalue weighted by Crippen LogP contribution is 2.26. The van der Waals surface area contributed by atoms with E-state index in [-0.39, 0.29) is 17.7 Å². The Hall–Kier alpha value is -2.83. The van der Waals surface area contributed by atoms with E-state index in [0.29, 0.717) is 42.6 Å². The minimum atomic E-state index is -0.139. The molecule has 0 bridgehead atoms. The van der Waals surface area contributed by atoms with Gasteiger partial charge in [0, 0.05) is 51.4 Å². The molecule has 7 heteroatoms. The molecule has 0 radical (unpaired) electrons. The normalized spacial score (nSPS) is 21.3. The van der Waals surface area contributed by atoms with E-state index < -0.39 is 0 Å². The molecule has 2 amide bonds. The summed E-state index contributed by atoms with van der Waals surface area (Å²) < 4.78 is 5.82. The van der Waals surface area contributed by atoms with Crippen LogP contribution in [0.3, 0.4) is 0 Å². The van der Waals surface area contributed by atoms with E-state index in [9.17, 15) is 9.59 Å². The summed E-state index contributed by atoms with van der Waals surface area (Å²) in [6.45, 7) is 6.75. The van der Waals surface area contributed by atoms with E-state index in [1.807, 2.05) is 48.2 Å². The first-order chi connectivity index (χ1) is 14.3. The Morgan fingerprint density at radius 2 is 1.70 bits per heavy atom. The molecule has 2 aliphatic heterocycles. The first kappa shape index (κ1) is 20.4. The van der Waals surface area contributed by atoms with Crippen molar-refractivity contribution in [1.82, 2.24) is 14.8 Å². The summed E-state index contributed by atoms with van der Waals surface area (Å²) in [5.74, 6) is 1.68. The fraction of sp³-hybridized carbons (Fsp3) is 0.522. The Balaban J connectivity index is 1.46. The zero-order chi connectivity index (χ0) is 21.4. The molecule has 7 nitrogen and oxygen atoms in total. The van der Waals surface area contributed by atoms with Crippen LogP contribution in [0.15, 0.2) is 28.7 Å². The third kappa shape index (κ3) is 4.06. The summed E-state index contributed by atoms with van der Waals surface area (Å²) in [6, 6.07) is 7.58.